The first kappa shape index (κ1) is 21.8. The zero-order valence-electron chi connectivity index (χ0n) is 17.4. The number of aliphatic hydroxyl groups excluding tert-OH is 1. The van der Waals surface area contributed by atoms with Gasteiger partial charge in [-0.25, -0.2) is 4.98 Å². The Morgan fingerprint density at radius 3 is 2.62 bits per heavy atom. The smallest absolute Gasteiger partial charge is 0.295 e. The lowest BCUT2D eigenvalue weighted by molar-refractivity contribution is -0.139. The van der Waals surface area contributed by atoms with Crippen LogP contribution in [0.1, 0.15) is 23.6 Å². The number of amides is 1. The average Bonchev–Trinajstić information content (AvgIpc) is 3.41. The number of carbonyl (C=O) groups is 2. The number of likely N-dealkylation sites (tertiary alicyclic amines) is 1. The Bertz CT molecular complexity index is 1160. The SMILES string of the molecule is COc1cccc([C@H]2C(=C(O)c3ccc(Br)cc3)C(=O)C(=O)N2CCCn2ccnc2)c1. The van der Waals surface area contributed by atoms with Crippen LogP contribution < -0.4 is 4.74 Å². The molecule has 2 heterocycles. The van der Waals surface area contributed by atoms with Crippen molar-refractivity contribution in [3.8, 4) is 5.75 Å². The highest BCUT2D eigenvalue weighted by Gasteiger charge is 2.45. The number of benzene rings is 2. The largest absolute Gasteiger partial charge is 0.507 e. The molecule has 3 aromatic rings. The predicted molar refractivity (Wildman–Crippen MR) is 123 cm³/mol. The number of nitrogens with zero attached hydrogens (tertiary/aromatic N) is 3. The highest BCUT2D eigenvalue weighted by Crippen LogP contribution is 2.40. The molecule has 1 saturated heterocycles. The molecule has 1 aliphatic heterocycles. The number of aryl methyl sites for hydroxylation is 1. The van der Waals surface area contributed by atoms with Crippen LogP contribution in [-0.2, 0) is 16.1 Å². The summed E-state index contributed by atoms with van der Waals surface area (Å²) in [5.74, 6) is -0.904. The molecule has 32 heavy (non-hydrogen) atoms. The number of methoxy groups -OCH3 is 1. The van der Waals surface area contributed by atoms with Gasteiger partial charge in [0.15, 0.2) is 0 Å². The Morgan fingerprint density at radius 2 is 1.94 bits per heavy atom. The summed E-state index contributed by atoms with van der Waals surface area (Å²) in [5, 5.41) is 11.1. The molecule has 1 fully saturated rings. The number of hydrogen-bond donors (Lipinski definition) is 1. The lowest BCUT2D eigenvalue weighted by atomic mass is 9.95. The van der Waals surface area contributed by atoms with E-state index in [0.717, 1.165) is 4.47 Å². The third kappa shape index (κ3) is 4.31. The van der Waals surface area contributed by atoms with E-state index in [1.165, 1.54) is 4.90 Å². The Morgan fingerprint density at radius 1 is 1.16 bits per heavy atom. The normalized spacial score (nSPS) is 17.7. The van der Waals surface area contributed by atoms with E-state index < -0.39 is 17.7 Å². The molecule has 1 aromatic heterocycles. The van der Waals surface area contributed by atoms with Crippen LogP contribution in [0, 0.1) is 0 Å². The molecule has 7 nitrogen and oxygen atoms in total. The molecule has 1 atom stereocenters. The summed E-state index contributed by atoms with van der Waals surface area (Å²) in [5.41, 5.74) is 1.25. The van der Waals surface area contributed by atoms with Crippen molar-refractivity contribution >= 4 is 33.4 Å². The number of Topliss-reactive ketones (excluding diaryl/α,β-unsaturated/α-hetero) is 1. The topological polar surface area (TPSA) is 84.7 Å². The second-order valence-electron chi connectivity index (χ2n) is 7.43. The Balaban J connectivity index is 1.74. The molecule has 164 valence electrons. The van der Waals surface area contributed by atoms with Gasteiger partial charge in [0.05, 0.1) is 25.1 Å². The van der Waals surface area contributed by atoms with Crippen LogP contribution in [0.4, 0.5) is 0 Å². The number of aliphatic hydroxyl groups is 1. The van der Waals surface area contributed by atoms with Crippen molar-refractivity contribution in [2.75, 3.05) is 13.7 Å². The van der Waals surface area contributed by atoms with Gasteiger partial charge in [-0.05, 0) is 36.2 Å². The number of imidazole rings is 1. The first-order valence-electron chi connectivity index (χ1n) is 10.1. The first-order valence-corrected chi connectivity index (χ1v) is 10.9. The molecule has 1 aliphatic rings. The molecular weight excluding hydrogens is 474 g/mol. The summed E-state index contributed by atoms with van der Waals surface area (Å²) < 4.78 is 8.11. The molecule has 4 rings (SSSR count). The van der Waals surface area contributed by atoms with E-state index in [4.69, 9.17) is 4.74 Å². The molecule has 0 aliphatic carbocycles. The van der Waals surface area contributed by atoms with Crippen LogP contribution in [0.2, 0.25) is 0 Å². The van der Waals surface area contributed by atoms with E-state index >= 15 is 0 Å². The van der Waals surface area contributed by atoms with Gasteiger partial charge in [-0.3, -0.25) is 9.59 Å². The van der Waals surface area contributed by atoms with E-state index in [0.29, 0.717) is 36.4 Å². The zero-order valence-corrected chi connectivity index (χ0v) is 19.0. The predicted octanol–water partition coefficient (Wildman–Crippen LogP) is 4.17. The van der Waals surface area contributed by atoms with Crippen molar-refractivity contribution in [3.63, 3.8) is 0 Å². The van der Waals surface area contributed by atoms with Crippen LogP contribution in [-0.4, -0.2) is 44.9 Å². The molecule has 0 radical (unpaired) electrons. The maximum Gasteiger partial charge on any atom is 0.295 e. The number of ether oxygens (including phenoxy) is 1. The molecule has 0 spiro atoms. The lowest BCUT2D eigenvalue weighted by Crippen LogP contribution is -2.31. The van der Waals surface area contributed by atoms with Gasteiger partial charge >= 0.3 is 0 Å². The summed E-state index contributed by atoms with van der Waals surface area (Å²) in [4.78, 5) is 31.6. The van der Waals surface area contributed by atoms with Crippen molar-refractivity contribution in [1.82, 2.24) is 14.5 Å². The van der Waals surface area contributed by atoms with Gasteiger partial charge in [0, 0.05) is 35.5 Å². The number of ketones is 1. The Kier molecular flexibility index (Phi) is 6.41. The standard InChI is InChI=1S/C24H22BrN3O4/c1-32-19-5-2-4-17(14-19)21-20(22(29)16-6-8-18(25)9-7-16)23(30)24(31)28(21)12-3-11-27-13-10-26-15-27/h2,4-10,13-15,21,29H,3,11-12H2,1H3/t21-/m0/s1. The van der Waals surface area contributed by atoms with Crippen molar-refractivity contribution in [1.29, 1.82) is 0 Å². The van der Waals surface area contributed by atoms with Gasteiger partial charge in [-0.15, -0.1) is 0 Å². The highest BCUT2D eigenvalue weighted by molar-refractivity contribution is 9.10. The number of rotatable bonds is 7. The summed E-state index contributed by atoms with van der Waals surface area (Å²) in [6.07, 6.45) is 5.88. The van der Waals surface area contributed by atoms with E-state index in [1.54, 1.807) is 62.1 Å². The van der Waals surface area contributed by atoms with Crippen LogP contribution in [0.3, 0.4) is 0 Å². The van der Waals surface area contributed by atoms with E-state index in [-0.39, 0.29) is 11.3 Å². The third-order valence-corrected chi connectivity index (χ3v) is 5.97. The fourth-order valence-corrected chi connectivity index (χ4v) is 4.14. The van der Waals surface area contributed by atoms with Crippen molar-refractivity contribution in [2.24, 2.45) is 0 Å². The number of hydrogen-bond acceptors (Lipinski definition) is 5. The summed E-state index contributed by atoms with van der Waals surface area (Å²) in [6.45, 7) is 1.00. The van der Waals surface area contributed by atoms with Crippen LogP contribution >= 0.6 is 15.9 Å². The molecule has 0 saturated carbocycles. The van der Waals surface area contributed by atoms with Crippen molar-refractivity contribution < 1.29 is 19.4 Å². The van der Waals surface area contributed by atoms with Crippen LogP contribution in [0.5, 0.6) is 5.75 Å². The Labute approximate surface area is 194 Å². The van der Waals surface area contributed by atoms with Crippen molar-refractivity contribution in [2.45, 2.75) is 19.0 Å². The zero-order chi connectivity index (χ0) is 22.7. The minimum atomic E-state index is -0.712. The molecular formula is C24H22BrN3O4. The van der Waals surface area contributed by atoms with Crippen molar-refractivity contribution in [3.05, 3.63) is 88.4 Å². The fourth-order valence-electron chi connectivity index (χ4n) is 3.87. The van der Waals surface area contributed by atoms with Gasteiger partial charge in [0.2, 0.25) is 0 Å². The molecule has 1 N–H and O–H groups in total. The molecule has 8 heteroatoms. The monoisotopic (exact) mass is 495 g/mol. The number of halogens is 1. The minimum Gasteiger partial charge on any atom is -0.507 e. The van der Waals surface area contributed by atoms with E-state index in [2.05, 4.69) is 20.9 Å². The second-order valence-corrected chi connectivity index (χ2v) is 8.35. The number of aromatic nitrogens is 2. The summed E-state index contributed by atoms with van der Waals surface area (Å²) in [7, 11) is 1.56. The lowest BCUT2D eigenvalue weighted by Gasteiger charge is -2.25. The van der Waals surface area contributed by atoms with Gasteiger partial charge in [0.25, 0.3) is 11.7 Å². The molecule has 0 unspecified atom stereocenters. The summed E-state index contributed by atoms with van der Waals surface area (Å²) in [6, 6.07) is 13.5. The van der Waals surface area contributed by atoms with E-state index in [9.17, 15) is 14.7 Å². The minimum absolute atomic E-state index is 0.0770. The van der Waals surface area contributed by atoms with Crippen LogP contribution in [0.15, 0.2) is 77.3 Å². The Hall–Kier alpha value is -3.39. The van der Waals surface area contributed by atoms with Gasteiger partial charge in [-0.2, -0.15) is 0 Å². The second kappa shape index (κ2) is 9.40. The quantitative estimate of drug-likeness (QED) is 0.302. The maximum atomic E-state index is 13.1. The summed E-state index contributed by atoms with van der Waals surface area (Å²) >= 11 is 3.37. The molecule has 0 bridgehead atoms. The van der Waals surface area contributed by atoms with Gasteiger partial charge < -0.3 is 19.3 Å². The first-order chi connectivity index (χ1) is 15.5. The average molecular weight is 496 g/mol. The highest BCUT2D eigenvalue weighted by atomic mass is 79.9. The molecule has 2 aromatic carbocycles. The molecule has 1 amide bonds. The number of carbonyl (C=O) groups excluding carboxylic acids is 2. The van der Waals surface area contributed by atoms with Crippen LogP contribution in [0.25, 0.3) is 5.76 Å². The van der Waals surface area contributed by atoms with Gasteiger partial charge in [0.1, 0.15) is 11.5 Å². The fraction of sp³-hybridized carbons (Fsp3) is 0.208. The third-order valence-electron chi connectivity index (χ3n) is 5.44. The van der Waals surface area contributed by atoms with E-state index in [1.807, 2.05) is 16.8 Å². The van der Waals surface area contributed by atoms with Gasteiger partial charge in [-0.1, -0.05) is 40.2 Å². The maximum absolute atomic E-state index is 13.1.